The minimum absolute atomic E-state index is 0.139. The lowest BCUT2D eigenvalue weighted by Gasteiger charge is -2.22. The summed E-state index contributed by atoms with van der Waals surface area (Å²) in [6, 6.07) is 1.75. The maximum absolute atomic E-state index is 2.69. The Kier molecular flexibility index (Phi) is 3.07. The standard InChI is InChI=1S/C5H18SSi4/c1-6-10(3)8-5(7)4-9(10)2/h5,9H,4,8H2,1-3,7H3. The van der Waals surface area contributed by atoms with E-state index >= 15 is 0 Å². The van der Waals surface area contributed by atoms with Crippen LogP contribution in [-0.2, 0) is 0 Å². The molecule has 0 aromatic carbocycles. The van der Waals surface area contributed by atoms with E-state index in [2.05, 4.69) is 30.6 Å². The maximum Gasteiger partial charge on any atom is 0.0878 e. The van der Waals surface area contributed by atoms with Crippen LogP contribution in [0.25, 0.3) is 0 Å². The molecule has 1 aliphatic rings. The Bertz CT molecular complexity index is 131. The number of rotatable bonds is 1. The topological polar surface area (TPSA) is 0 Å². The summed E-state index contributed by atoms with van der Waals surface area (Å²) in [4.78, 5) is 0. The van der Waals surface area contributed by atoms with Gasteiger partial charge in [-0.25, -0.2) is 0 Å². The molecule has 0 aromatic rings. The first-order chi connectivity index (χ1) is 4.58. The van der Waals surface area contributed by atoms with Crippen molar-refractivity contribution in [2.24, 2.45) is 0 Å². The first-order valence-electron chi connectivity index (χ1n) is 4.13. The van der Waals surface area contributed by atoms with Gasteiger partial charge in [0.05, 0.1) is 6.26 Å². The molecule has 0 bridgehead atoms. The van der Waals surface area contributed by atoms with Crippen LogP contribution in [-0.4, -0.2) is 40.1 Å². The van der Waals surface area contributed by atoms with Gasteiger partial charge in [-0.2, -0.15) is 11.2 Å². The first-order valence-corrected chi connectivity index (χ1v) is 16.7. The maximum atomic E-state index is 2.69. The molecule has 0 aromatic heterocycles. The van der Waals surface area contributed by atoms with Crippen LogP contribution < -0.4 is 0 Å². The summed E-state index contributed by atoms with van der Waals surface area (Å²) >= 11 is 2.33. The van der Waals surface area contributed by atoms with E-state index in [-0.39, 0.29) is 8.31 Å². The van der Waals surface area contributed by atoms with Gasteiger partial charge in [0, 0.05) is 27.6 Å². The van der Waals surface area contributed by atoms with Gasteiger partial charge in [0.1, 0.15) is 0 Å². The molecule has 1 saturated heterocycles. The van der Waals surface area contributed by atoms with Crippen LogP contribution in [0.15, 0.2) is 0 Å². The van der Waals surface area contributed by atoms with Crippen LogP contribution in [0.4, 0.5) is 0 Å². The molecule has 0 spiro atoms. The van der Waals surface area contributed by atoms with Gasteiger partial charge in [-0.15, -0.1) is 0 Å². The zero-order valence-corrected chi connectivity index (χ0v) is 13.9. The largest absolute Gasteiger partial charge is 0.196 e. The molecular formula is C5H18SSi4. The molecule has 3 unspecified atom stereocenters. The summed E-state index contributed by atoms with van der Waals surface area (Å²) in [5, 5.41) is 1.35. The van der Waals surface area contributed by atoms with Crippen molar-refractivity contribution in [3.63, 3.8) is 0 Å². The fraction of sp³-hybridized carbons (Fsp3) is 1.00. The van der Waals surface area contributed by atoms with E-state index in [4.69, 9.17) is 0 Å². The highest BCUT2D eigenvalue weighted by molar-refractivity contribution is 8.39. The van der Waals surface area contributed by atoms with Crippen molar-refractivity contribution in [2.75, 3.05) is 6.26 Å². The third kappa shape index (κ3) is 1.69. The number of hydrogen-bond donors (Lipinski definition) is 0. The SMILES string of the molecule is CS[Si]1(C)[SiH2]C([SiH3])C[SiH]1C. The van der Waals surface area contributed by atoms with Gasteiger partial charge in [-0.3, -0.25) is 0 Å². The summed E-state index contributed by atoms with van der Waals surface area (Å²) < 4.78 is 0. The Morgan fingerprint density at radius 3 is 2.60 bits per heavy atom. The fourth-order valence-corrected chi connectivity index (χ4v) is 56.0. The monoisotopic (exact) mass is 222 g/mol. The Morgan fingerprint density at radius 2 is 2.40 bits per heavy atom. The van der Waals surface area contributed by atoms with E-state index in [1.54, 1.807) is 6.04 Å². The van der Waals surface area contributed by atoms with Gasteiger partial charge >= 0.3 is 0 Å². The molecule has 3 atom stereocenters. The molecule has 1 rings (SSSR count). The minimum atomic E-state index is -0.497. The van der Waals surface area contributed by atoms with E-state index in [0.717, 1.165) is 0 Å². The van der Waals surface area contributed by atoms with E-state index in [9.17, 15) is 0 Å². The number of hydrogen-bond acceptors (Lipinski definition) is 1. The molecule has 0 amide bonds. The molecule has 0 radical (unpaired) electrons. The molecule has 0 aliphatic carbocycles. The van der Waals surface area contributed by atoms with Crippen LogP contribution in [0, 0.1) is 0 Å². The summed E-state index contributed by atoms with van der Waals surface area (Å²) in [5.41, 5.74) is 0. The molecule has 10 heavy (non-hydrogen) atoms. The van der Waals surface area contributed by atoms with Gasteiger partial charge in [0.15, 0.2) is 0 Å². The van der Waals surface area contributed by atoms with Crippen molar-refractivity contribution in [3.05, 3.63) is 0 Å². The molecule has 0 N–H and O–H groups in total. The molecule has 5 heteroatoms. The van der Waals surface area contributed by atoms with Crippen LogP contribution in [0.2, 0.25) is 24.3 Å². The predicted molar refractivity (Wildman–Crippen MR) is 65.2 cm³/mol. The van der Waals surface area contributed by atoms with Gasteiger partial charge in [-0.1, -0.05) is 24.3 Å². The lowest BCUT2D eigenvalue weighted by molar-refractivity contribution is 1.33. The lowest BCUT2D eigenvalue weighted by Crippen LogP contribution is -2.43. The van der Waals surface area contributed by atoms with E-state index in [1.165, 1.54) is 15.4 Å². The van der Waals surface area contributed by atoms with Crippen LogP contribution in [0.3, 0.4) is 0 Å². The van der Waals surface area contributed by atoms with Crippen LogP contribution in [0.1, 0.15) is 0 Å². The minimum Gasteiger partial charge on any atom is -0.196 e. The molecule has 1 fully saturated rings. The van der Waals surface area contributed by atoms with Gasteiger partial charge in [0.25, 0.3) is 0 Å². The zero-order chi connectivity index (χ0) is 7.78. The summed E-state index contributed by atoms with van der Waals surface area (Å²) in [5.74, 6) is 0. The Morgan fingerprint density at radius 1 is 1.80 bits per heavy atom. The van der Waals surface area contributed by atoms with Crippen molar-refractivity contribution in [2.45, 2.75) is 24.3 Å². The van der Waals surface area contributed by atoms with Crippen molar-refractivity contribution in [3.8, 4) is 0 Å². The van der Waals surface area contributed by atoms with Crippen LogP contribution >= 0.6 is 11.2 Å². The lowest BCUT2D eigenvalue weighted by atomic mass is 10.9. The summed E-state index contributed by atoms with van der Waals surface area (Å²) in [6.45, 7) is 5.34. The van der Waals surface area contributed by atoms with Crippen LogP contribution in [0.5, 0.6) is 0 Å². The highest BCUT2D eigenvalue weighted by Gasteiger charge is 2.41. The molecular weight excluding hydrogens is 204 g/mol. The highest BCUT2D eigenvalue weighted by Crippen LogP contribution is 2.33. The van der Waals surface area contributed by atoms with Gasteiger partial charge in [-0.05, 0) is 6.26 Å². The van der Waals surface area contributed by atoms with Gasteiger partial charge < -0.3 is 0 Å². The average molecular weight is 223 g/mol. The second-order valence-corrected chi connectivity index (χ2v) is 36.0. The van der Waals surface area contributed by atoms with Crippen molar-refractivity contribution >= 4 is 45.1 Å². The fourth-order valence-electron chi connectivity index (χ4n) is 2.11. The molecule has 0 nitrogen and oxygen atoms in total. The third-order valence-corrected chi connectivity index (χ3v) is 47.7. The Hall–Kier alpha value is 1.22. The smallest absolute Gasteiger partial charge is 0.0878 e. The Labute approximate surface area is 75.6 Å². The second-order valence-electron chi connectivity index (χ2n) is 3.96. The summed E-state index contributed by atoms with van der Waals surface area (Å²) in [7, 11) is 1.86. The normalized spacial score (nSPS) is 50.7. The van der Waals surface area contributed by atoms with Crippen molar-refractivity contribution in [1.82, 2.24) is 0 Å². The first kappa shape index (κ1) is 9.31. The predicted octanol–water partition coefficient (Wildman–Crippen LogP) is -0.350. The Balaban J connectivity index is 2.61. The molecule has 1 aliphatic heterocycles. The quantitative estimate of drug-likeness (QED) is 0.547. The molecule has 60 valence electrons. The molecule has 1 heterocycles. The highest BCUT2D eigenvalue weighted by atomic mass is 32.4. The summed E-state index contributed by atoms with van der Waals surface area (Å²) in [6.07, 6.45) is 1.89. The van der Waals surface area contributed by atoms with E-state index < -0.39 is 6.26 Å². The van der Waals surface area contributed by atoms with E-state index in [1.807, 2.05) is 0 Å². The zero-order valence-electron chi connectivity index (χ0n) is 7.48. The van der Waals surface area contributed by atoms with E-state index in [0.29, 0.717) is 9.04 Å². The van der Waals surface area contributed by atoms with Gasteiger partial charge in [0.2, 0.25) is 0 Å². The van der Waals surface area contributed by atoms with Crippen molar-refractivity contribution in [1.29, 1.82) is 0 Å². The average Bonchev–Trinajstić information content (AvgIpc) is 2.09. The molecule has 0 saturated carbocycles. The third-order valence-electron chi connectivity index (χ3n) is 3.02. The second kappa shape index (κ2) is 3.30. The van der Waals surface area contributed by atoms with Crippen molar-refractivity contribution < 1.29 is 0 Å².